The van der Waals surface area contributed by atoms with Gasteiger partial charge in [0.15, 0.2) is 0 Å². The molecule has 0 saturated heterocycles. The standard InChI is InChI=1S/C22H24N6O3/c1-14(23-25-21(29)16-9-11-17(12-10-16)22(3,4)5)20-15(2)27(26-24-20)18-7-6-8-19(13-18)28(30)31/h6-13H,1-5H3,(H,25,29)/b23-14+. The topological polar surface area (TPSA) is 115 Å². The fourth-order valence-corrected chi connectivity index (χ4v) is 3.02. The molecule has 0 unspecified atom stereocenters. The Labute approximate surface area is 179 Å². The van der Waals surface area contributed by atoms with Gasteiger partial charge in [0.05, 0.1) is 22.0 Å². The first kappa shape index (κ1) is 21.8. The molecule has 0 aliphatic heterocycles. The zero-order chi connectivity index (χ0) is 22.8. The number of hydrazone groups is 1. The third-order valence-electron chi connectivity index (χ3n) is 4.86. The van der Waals surface area contributed by atoms with Crippen molar-refractivity contribution < 1.29 is 9.72 Å². The number of hydrogen-bond acceptors (Lipinski definition) is 6. The van der Waals surface area contributed by atoms with Crippen LogP contribution >= 0.6 is 0 Å². The molecule has 1 amide bonds. The zero-order valence-corrected chi connectivity index (χ0v) is 18.1. The van der Waals surface area contributed by atoms with Crippen LogP contribution in [0, 0.1) is 17.0 Å². The van der Waals surface area contributed by atoms with Crippen molar-refractivity contribution >= 4 is 17.3 Å². The molecule has 1 aromatic heterocycles. The fraction of sp³-hybridized carbons (Fsp3) is 0.273. The van der Waals surface area contributed by atoms with Crippen molar-refractivity contribution in [3.8, 4) is 5.69 Å². The molecular weight excluding hydrogens is 396 g/mol. The highest BCUT2D eigenvalue weighted by Gasteiger charge is 2.16. The van der Waals surface area contributed by atoms with E-state index in [0.717, 1.165) is 5.56 Å². The first-order valence-electron chi connectivity index (χ1n) is 9.70. The van der Waals surface area contributed by atoms with Crippen LogP contribution in [-0.2, 0) is 5.41 Å². The SMILES string of the molecule is C/C(=N\NC(=O)c1ccc(C(C)(C)C)cc1)c1nnn(-c2cccc([N+](=O)[O-])c2)c1C. The number of aromatic nitrogens is 3. The second-order valence-electron chi connectivity index (χ2n) is 8.18. The Morgan fingerprint density at radius 1 is 1.16 bits per heavy atom. The molecule has 0 aliphatic rings. The van der Waals surface area contributed by atoms with Gasteiger partial charge in [0.25, 0.3) is 11.6 Å². The van der Waals surface area contributed by atoms with Crippen molar-refractivity contribution in [2.24, 2.45) is 5.10 Å². The second kappa shape index (κ2) is 8.47. The Kier molecular flexibility index (Phi) is 5.96. The van der Waals surface area contributed by atoms with Gasteiger partial charge in [0.1, 0.15) is 5.69 Å². The van der Waals surface area contributed by atoms with E-state index in [4.69, 9.17) is 0 Å². The van der Waals surface area contributed by atoms with Gasteiger partial charge < -0.3 is 0 Å². The lowest BCUT2D eigenvalue weighted by atomic mass is 9.87. The van der Waals surface area contributed by atoms with Crippen LogP contribution in [-0.4, -0.2) is 31.5 Å². The van der Waals surface area contributed by atoms with Crippen LogP contribution in [0.5, 0.6) is 0 Å². The minimum atomic E-state index is -0.465. The van der Waals surface area contributed by atoms with Crippen LogP contribution in [0.25, 0.3) is 5.69 Å². The smallest absolute Gasteiger partial charge is 0.267 e. The third-order valence-corrected chi connectivity index (χ3v) is 4.86. The molecule has 31 heavy (non-hydrogen) atoms. The molecule has 3 rings (SSSR count). The number of nitro benzene ring substituents is 1. The number of nitrogens with one attached hydrogen (secondary N) is 1. The molecule has 0 fully saturated rings. The molecule has 0 aliphatic carbocycles. The van der Waals surface area contributed by atoms with E-state index in [1.165, 1.54) is 16.8 Å². The lowest BCUT2D eigenvalue weighted by Crippen LogP contribution is -2.20. The largest absolute Gasteiger partial charge is 0.271 e. The third kappa shape index (κ3) is 4.82. The summed E-state index contributed by atoms with van der Waals surface area (Å²) >= 11 is 0. The number of carbonyl (C=O) groups excluding carboxylic acids is 1. The Balaban J connectivity index is 1.77. The Hall–Kier alpha value is -3.88. The van der Waals surface area contributed by atoms with Gasteiger partial charge in [0, 0.05) is 17.7 Å². The van der Waals surface area contributed by atoms with E-state index < -0.39 is 4.92 Å². The minimum Gasteiger partial charge on any atom is -0.267 e. The maximum absolute atomic E-state index is 12.4. The number of nitro groups is 1. The van der Waals surface area contributed by atoms with Gasteiger partial charge in [-0.1, -0.05) is 44.2 Å². The number of non-ortho nitro benzene ring substituents is 1. The molecule has 0 atom stereocenters. The molecule has 160 valence electrons. The van der Waals surface area contributed by atoms with Crippen LogP contribution in [0.3, 0.4) is 0 Å². The monoisotopic (exact) mass is 420 g/mol. The van der Waals surface area contributed by atoms with Crippen molar-refractivity contribution in [2.75, 3.05) is 0 Å². The molecule has 0 radical (unpaired) electrons. The van der Waals surface area contributed by atoms with Crippen LogP contribution in [0.4, 0.5) is 5.69 Å². The highest BCUT2D eigenvalue weighted by Crippen LogP contribution is 2.22. The first-order chi connectivity index (χ1) is 14.6. The predicted molar refractivity (Wildman–Crippen MR) is 118 cm³/mol. The van der Waals surface area contributed by atoms with Gasteiger partial charge in [-0.25, -0.2) is 10.1 Å². The maximum Gasteiger partial charge on any atom is 0.271 e. The van der Waals surface area contributed by atoms with Crippen LogP contribution in [0.15, 0.2) is 53.6 Å². The Morgan fingerprint density at radius 3 is 2.45 bits per heavy atom. The van der Waals surface area contributed by atoms with Gasteiger partial charge in [-0.2, -0.15) is 5.10 Å². The van der Waals surface area contributed by atoms with Crippen molar-refractivity contribution in [2.45, 2.75) is 40.0 Å². The minimum absolute atomic E-state index is 0.00623. The van der Waals surface area contributed by atoms with Crippen molar-refractivity contribution in [1.29, 1.82) is 0 Å². The lowest BCUT2D eigenvalue weighted by molar-refractivity contribution is -0.384. The summed E-state index contributed by atoms with van der Waals surface area (Å²) in [6.45, 7) is 9.81. The van der Waals surface area contributed by atoms with Gasteiger partial charge >= 0.3 is 0 Å². The zero-order valence-electron chi connectivity index (χ0n) is 18.1. The molecule has 9 nitrogen and oxygen atoms in total. The molecule has 3 aromatic rings. The number of hydrogen-bond donors (Lipinski definition) is 1. The second-order valence-corrected chi connectivity index (χ2v) is 8.18. The van der Waals surface area contributed by atoms with E-state index in [1.807, 2.05) is 12.1 Å². The molecule has 2 aromatic carbocycles. The van der Waals surface area contributed by atoms with Gasteiger partial charge in [-0.05, 0) is 43.0 Å². The Bertz CT molecular complexity index is 1160. The summed E-state index contributed by atoms with van der Waals surface area (Å²) in [5.41, 5.74) is 6.25. The number of benzene rings is 2. The van der Waals surface area contributed by atoms with E-state index in [9.17, 15) is 14.9 Å². The van der Waals surface area contributed by atoms with E-state index in [0.29, 0.717) is 28.4 Å². The summed E-state index contributed by atoms with van der Waals surface area (Å²) in [5, 5.41) is 23.4. The average Bonchev–Trinajstić information content (AvgIpc) is 3.12. The van der Waals surface area contributed by atoms with E-state index in [1.54, 1.807) is 38.1 Å². The summed E-state index contributed by atoms with van der Waals surface area (Å²) < 4.78 is 1.49. The summed E-state index contributed by atoms with van der Waals surface area (Å²) in [6, 6.07) is 13.5. The van der Waals surface area contributed by atoms with E-state index in [-0.39, 0.29) is 17.0 Å². The molecule has 9 heteroatoms. The van der Waals surface area contributed by atoms with Gasteiger partial charge in [-0.15, -0.1) is 5.10 Å². The molecule has 1 heterocycles. The predicted octanol–water partition coefficient (Wildman–Crippen LogP) is 3.94. The Morgan fingerprint density at radius 2 is 1.84 bits per heavy atom. The van der Waals surface area contributed by atoms with Gasteiger partial charge in [0.2, 0.25) is 0 Å². The highest BCUT2D eigenvalue weighted by atomic mass is 16.6. The van der Waals surface area contributed by atoms with E-state index >= 15 is 0 Å². The van der Waals surface area contributed by atoms with Crippen molar-refractivity contribution in [1.82, 2.24) is 20.4 Å². The normalized spacial score (nSPS) is 12.0. The van der Waals surface area contributed by atoms with Crippen LogP contribution in [0.1, 0.15) is 55.0 Å². The maximum atomic E-state index is 12.4. The number of carbonyl (C=O) groups is 1. The van der Waals surface area contributed by atoms with Crippen molar-refractivity contribution in [3.05, 3.63) is 81.2 Å². The first-order valence-corrected chi connectivity index (χ1v) is 9.70. The van der Waals surface area contributed by atoms with Crippen molar-refractivity contribution in [3.63, 3.8) is 0 Å². The molecule has 0 bridgehead atoms. The summed E-state index contributed by atoms with van der Waals surface area (Å²) in [4.78, 5) is 23.0. The fourth-order valence-electron chi connectivity index (χ4n) is 3.02. The number of nitrogens with zero attached hydrogens (tertiary/aromatic N) is 5. The lowest BCUT2D eigenvalue weighted by Gasteiger charge is -2.18. The molecule has 0 spiro atoms. The van der Waals surface area contributed by atoms with Crippen LogP contribution < -0.4 is 5.43 Å². The van der Waals surface area contributed by atoms with Crippen LogP contribution in [0.2, 0.25) is 0 Å². The summed E-state index contributed by atoms with van der Waals surface area (Å²) in [7, 11) is 0. The summed E-state index contributed by atoms with van der Waals surface area (Å²) in [5.74, 6) is -0.330. The average molecular weight is 420 g/mol. The number of amides is 1. The molecule has 0 saturated carbocycles. The molecular formula is C22H24N6O3. The van der Waals surface area contributed by atoms with E-state index in [2.05, 4.69) is 41.6 Å². The molecule has 1 N–H and O–H groups in total. The highest BCUT2D eigenvalue weighted by molar-refractivity contribution is 6.00. The summed E-state index contributed by atoms with van der Waals surface area (Å²) in [6.07, 6.45) is 0. The van der Waals surface area contributed by atoms with Gasteiger partial charge in [-0.3, -0.25) is 14.9 Å². The quantitative estimate of drug-likeness (QED) is 0.381. The number of rotatable bonds is 5.